The third kappa shape index (κ3) is 5.45. The normalized spacial score (nSPS) is 22.2. The number of hydrogen-bond donors (Lipinski definition) is 1. The zero-order valence-electron chi connectivity index (χ0n) is 23.9. The van der Waals surface area contributed by atoms with Crippen molar-refractivity contribution in [3.05, 3.63) is 93.4 Å². The summed E-state index contributed by atoms with van der Waals surface area (Å²) in [7, 11) is 0. The average molecular weight is 554 g/mol. The van der Waals surface area contributed by atoms with Gasteiger partial charge in [-0.1, -0.05) is 58.0 Å². The number of nitrogens with zero attached hydrogens (tertiary/aromatic N) is 1. The topological polar surface area (TPSA) is 53.7 Å². The lowest BCUT2D eigenvalue weighted by Crippen LogP contribution is -2.45. The molecular formula is C33H38F3NO3. The third-order valence-corrected chi connectivity index (χ3v) is 9.06. The van der Waals surface area contributed by atoms with Gasteiger partial charge in [-0.25, -0.2) is 0 Å². The molecule has 1 aliphatic heterocycles. The number of amides is 1. The molecule has 214 valence electrons. The predicted octanol–water partition coefficient (Wildman–Crippen LogP) is 7.54. The summed E-state index contributed by atoms with van der Waals surface area (Å²) in [6.45, 7) is 11.7. The number of β-amino-alcohol motifs (C(OH)–C–C–N with tert-alkyl or cyclic N) is 1. The smallest absolute Gasteiger partial charge is 0.416 e. The number of fused-ring (bicyclic) bond motifs is 1. The van der Waals surface area contributed by atoms with Crippen LogP contribution in [-0.4, -0.2) is 35.1 Å². The summed E-state index contributed by atoms with van der Waals surface area (Å²) < 4.78 is 45.5. The molecule has 2 unspecified atom stereocenters. The Balaban J connectivity index is 1.29. The van der Waals surface area contributed by atoms with Crippen LogP contribution >= 0.6 is 0 Å². The first kappa shape index (κ1) is 28.5. The lowest BCUT2D eigenvalue weighted by molar-refractivity contribution is -0.137. The number of carbonyl (C=O) groups is 1. The molecular weight excluding hydrogens is 515 g/mol. The fourth-order valence-electron chi connectivity index (χ4n) is 6.34. The predicted molar refractivity (Wildman–Crippen MR) is 149 cm³/mol. The number of furan rings is 1. The molecule has 2 aromatic carbocycles. The molecule has 1 N–H and O–H groups in total. The van der Waals surface area contributed by atoms with Crippen molar-refractivity contribution in [2.45, 2.75) is 89.3 Å². The second kappa shape index (κ2) is 10.1. The van der Waals surface area contributed by atoms with E-state index in [-0.39, 0.29) is 29.0 Å². The van der Waals surface area contributed by atoms with Gasteiger partial charge in [0, 0.05) is 25.4 Å². The number of piperidine rings is 1. The van der Waals surface area contributed by atoms with Crippen LogP contribution in [0.15, 0.2) is 52.9 Å². The first-order valence-corrected chi connectivity index (χ1v) is 14.0. The highest BCUT2D eigenvalue weighted by molar-refractivity contribution is 5.91. The number of aliphatic hydroxyl groups excluding tert-OH is 1. The van der Waals surface area contributed by atoms with E-state index >= 15 is 0 Å². The molecule has 3 aromatic rings. The summed E-state index contributed by atoms with van der Waals surface area (Å²) in [6, 6.07) is 13.2. The molecule has 1 saturated heterocycles. The molecule has 0 bridgehead atoms. The van der Waals surface area contributed by atoms with Crippen LogP contribution in [0.3, 0.4) is 0 Å². The number of hydrogen-bond acceptors (Lipinski definition) is 3. The summed E-state index contributed by atoms with van der Waals surface area (Å²) in [5, 5.41) is 10.8. The van der Waals surface area contributed by atoms with E-state index in [0.29, 0.717) is 30.7 Å². The number of aryl methyl sites for hydroxylation is 1. The first-order valence-electron chi connectivity index (χ1n) is 14.0. The summed E-state index contributed by atoms with van der Waals surface area (Å²) >= 11 is 0. The molecule has 1 aromatic heterocycles. The molecule has 1 aliphatic carbocycles. The van der Waals surface area contributed by atoms with Gasteiger partial charge < -0.3 is 14.4 Å². The molecule has 2 heterocycles. The standard InChI is InChI=1S/C33H38F3NO3/c1-20-15-26-27(32(4,5)13-12-31(26,2)3)18-22(20)17-24-9-10-29(40-24)30(39)37-14-11-25(28(38)19-37)21-7-6-8-23(16-21)33(34,35)36/h6-10,15-16,18,25,28,38H,11-14,17,19H2,1-5H3. The Morgan fingerprint density at radius 2 is 1.70 bits per heavy atom. The van der Waals surface area contributed by atoms with E-state index < -0.39 is 23.8 Å². The van der Waals surface area contributed by atoms with Gasteiger partial charge in [0.25, 0.3) is 5.91 Å². The SMILES string of the molecule is Cc1cc2c(cc1Cc1ccc(C(=O)N3CCC(c4cccc(C(F)(F)F)c4)C(O)C3)o1)C(C)(C)CCC2(C)C. The van der Waals surface area contributed by atoms with Crippen LogP contribution in [0.25, 0.3) is 0 Å². The number of rotatable bonds is 4. The van der Waals surface area contributed by atoms with Gasteiger partial charge in [-0.3, -0.25) is 4.79 Å². The summed E-state index contributed by atoms with van der Waals surface area (Å²) in [4.78, 5) is 14.7. The van der Waals surface area contributed by atoms with Gasteiger partial charge in [-0.05, 0) is 83.0 Å². The van der Waals surface area contributed by atoms with Gasteiger partial charge in [0.15, 0.2) is 5.76 Å². The van der Waals surface area contributed by atoms with E-state index in [2.05, 4.69) is 46.8 Å². The van der Waals surface area contributed by atoms with Crippen molar-refractivity contribution >= 4 is 5.91 Å². The minimum atomic E-state index is -4.45. The maximum Gasteiger partial charge on any atom is 0.416 e. The molecule has 7 heteroatoms. The molecule has 40 heavy (non-hydrogen) atoms. The van der Waals surface area contributed by atoms with Gasteiger partial charge in [0.2, 0.25) is 0 Å². The molecule has 2 atom stereocenters. The number of likely N-dealkylation sites (tertiary alicyclic amines) is 1. The molecule has 4 nitrogen and oxygen atoms in total. The summed E-state index contributed by atoms with van der Waals surface area (Å²) in [6.07, 6.45) is -2.20. The van der Waals surface area contributed by atoms with Gasteiger partial charge >= 0.3 is 6.18 Å². The maximum absolute atomic E-state index is 13.2. The third-order valence-electron chi connectivity index (χ3n) is 9.06. The van der Waals surface area contributed by atoms with Gasteiger partial charge in [-0.2, -0.15) is 13.2 Å². The molecule has 0 spiro atoms. The lowest BCUT2D eigenvalue weighted by Gasteiger charge is -2.42. The van der Waals surface area contributed by atoms with Crippen molar-refractivity contribution < 1.29 is 27.5 Å². The Labute approximate surface area is 234 Å². The number of aliphatic hydroxyl groups is 1. The van der Waals surface area contributed by atoms with E-state index in [9.17, 15) is 23.1 Å². The minimum absolute atomic E-state index is 0.0323. The largest absolute Gasteiger partial charge is 0.456 e. The van der Waals surface area contributed by atoms with Crippen LogP contribution in [0.2, 0.25) is 0 Å². The quantitative estimate of drug-likeness (QED) is 0.363. The molecule has 2 aliphatic rings. The van der Waals surface area contributed by atoms with E-state index in [0.717, 1.165) is 25.0 Å². The van der Waals surface area contributed by atoms with E-state index in [1.807, 2.05) is 6.07 Å². The number of carbonyl (C=O) groups excluding carboxylic acids is 1. The van der Waals surface area contributed by atoms with E-state index in [1.165, 1.54) is 33.2 Å². The number of alkyl halides is 3. The highest BCUT2D eigenvalue weighted by atomic mass is 19.4. The van der Waals surface area contributed by atoms with Crippen molar-refractivity contribution in [3.8, 4) is 0 Å². The van der Waals surface area contributed by atoms with Crippen LogP contribution in [0.5, 0.6) is 0 Å². The molecule has 1 fully saturated rings. The zero-order valence-corrected chi connectivity index (χ0v) is 23.9. The van der Waals surface area contributed by atoms with Crippen LogP contribution in [0.1, 0.15) is 103 Å². The van der Waals surface area contributed by atoms with E-state index in [4.69, 9.17) is 4.42 Å². The van der Waals surface area contributed by atoms with Crippen LogP contribution < -0.4 is 0 Å². The highest BCUT2D eigenvalue weighted by Crippen LogP contribution is 2.46. The van der Waals surface area contributed by atoms with Gasteiger partial charge in [0.1, 0.15) is 5.76 Å². The van der Waals surface area contributed by atoms with Crippen molar-refractivity contribution in [1.29, 1.82) is 0 Å². The van der Waals surface area contributed by atoms with Crippen LogP contribution in [0, 0.1) is 6.92 Å². The van der Waals surface area contributed by atoms with Crippen molar-refractivity contribution in [3.63, 3.8) is 0 Å². The highest BCUT2D eigenvalue weighted by Gasteiger charge is 2.38. The second-order valence-electron chi connectivity index (χ2n) is 12.9. The zero-order chi connectivity index (χ0) is 29.0. The Hall–Kier alpha value is -3.06. The van der Waals surface area contributed by atoms with Gasteiger partial charge in [0.05, 0.1) is 11.7 Å². The Morgan fingerprint density at radius 3 is 2.35 bits per heavy atom. The molecule has 0 saturated carbocycles. The van der Waals surface area contributed by atoms with E-state index in [1.54, 1.807) is 12.1 Å². The van der Waals surface area contributed by atoms with Crippen LogP contribution in [0.4, 0.5) is 13.2 Å². The second-order valence-corrected chi connectivity index (χ2v) is 12.9. The van der Waals surface area contributed by atoms with Crippen LogP contribution in [-0.2, 0) is 23.4 Å². The minimum Gasteiger partial charge on any atom is -0.456 e. The fraction of sp³-hybridized carbons (Fsp3) is 0.485. The van der Waals surface area contributed by atoms with Gasteiger partial charge in [-0.15, -0.1) is 0 Å². The summed E-state index contributed by atoms with van der Waals surface area (Å²) in [5.41, 5.74) is 5.10. The molecule has 1 amide bonds. The molecule has 0 radical (unpaired) electrons. The van der Waals surface area contributed by atoms with Crippen molar-refractivity contribution in [1.82, 2.24) is 4.90 Å². The Morgan fingerprint density at radius 1 is 1.02 bits per heavy atom. The lowest BCUT2D eigenvalue weighted by atomic mass is 9.62. The average Bonchev–Trinajstić information content (AvgIpc) is 3.35. The monoisotopic (exact) mass is 553 g/mol. The van der Waals surface area contributed by atoms with Crippen molar-refractivity contribution in [2.24, 2.45) is 0 Å². The molecule has 5 rings (SSSR count). The number of halogens is 3. The maximum atomic E-state index is 13.2. The summed E-state index contributed by atoms with van der Waals surface area (Å²) in [5.74, 6) is 0.105. The Kier molecular flexibility index (Phi) is 7.18. The van der Waals surface area contributed by atoms with Crippen molar-refractivity contribution in [2.75, 3.05) is 13.1 Å². The fourth-order valence-corrected chi connectivity index (χ4v) is 6.34. The number of benzene rings is 2. The Bertz CT molecular complexity index is 1420. The first-order chi connectivity index (χ1) is 18.7.